The lowest BCUT2D eigenvalue weighted by Crippen LogP contribution is -2.23. The van der Waals surface area contributed by atoms with Crippen LogP contribution >= 0.6 is 0 Å². The molecule has 0 amide bonds. The molecular formula is C31H33NO6. The van der Waals surface area contributed by atoms with E-state index in [0.29, 0.717) is 28.7 Å². The second-order valence-corrected chi connectivity index (χ2v) is 8.19. The Bertz CT molecular complexity index is 1300. The van der Waals surface area contributed by atoms with Gasteiger partial charge in [0.15, 0.2) is 28.8 Å². The number of methoxy groups -OCH3 is 4. The second kappa shape index (κ2) is 14.3. The molecule has 2 N–H and O–H groups in total. The van der Waals surface area contributed by atoms with Gasteiger partial charge in [0.25, 0.3) is 0 Å². The van der Waals surface area contributed by atoms with Crippen LogP contribution < -0.4 is 24.3 Å². The van der Waals surface area contributed by atoms with Crippen molar-refractivity contribution in [1.29, 1.82) is 0 Å². The summed E-state index contributed by atoms with van der Waals surface area (Å²) in [5, 5.41) is 13.3. The smallest absolute Gasteiger partial charge is 0.180 e. The van der Waals surface area contributed by atoms with Crippen molar-refractivity contribution < 1.29 is 28.8 Å². The normalized spacial score (nSPS) is 12.4. The molecule has 7 heteroatoms. The maximum atomic E-state index is 12.9. The summed E-state index contributed by atoms with van der Waals surface area (Å²) in [6.07, 6.45) is 8.31. The van der Waals surface area contributed by atoms with E-state index in [0.717, 1.165) is 16.7 Å². The predicted molar refractivity (Wildman–Crippen MR) is 150 cm³/mol. The van der Waals surface area contributed by atoms with Crippen molar-refractivity contribution in [3.63, 3.8) is 0 Å². The highest BCUT2D eigenvalue weighted by Crippen LogP contribution is 2.29. The van der Waals surface area contributed by atoms with Gasteiger partial charge in [-0.05, 0) is 53.1 Å². The maximum absolute atomic E-state index is 12.9. The first-order valence-electron chi connectivity index (χ1n) is 12.0. The number of rotatable bonds is 13. The van der Waals surface area contributed by atoms with Crippen LogP contribution in [0, 0.1) is 0 Å². The van der Waals surface area contributed by atoms with Crippen molar-refractivity contribution in [2.45, 2.75) is 6.04 Å². The van der Waals surface area contributed by atoms with Crippen LogP contribution in [-0.2, 0) is 4.79 Å². The first-order valence-corrected chi connectivity index (χ1v) is 12.0. The zero-order valence-corrected chi connectivity index (χ0v) is 22.0. The average molecular weight is 516 g/mol. The zero-order valence-electron chi connectivity index (χ0n) is 22.0. The van der Waals surface area contributed by atoms with E-state index in [1.165, 1.54) is 12.2 Å². The number of aliphatic hydroxyl groups excluding tert-OH is 1. The molecule has 3 rings (SSSR count). The van der Waals surface area contributed by atoms with Crippen LogP contribution in [0.1, 0.15) is 22.7 Å². The Balaban J connectivity index is 1.89. The molecule has 1 atom stereocenters. The molecule has 0 saturated heterocycles. The fourth-order valence-electron chi connectivity index (χ4n) is 3.74. The van der Waals surface area contributed by atoms with Gasteiger partial charge < -0.3 is 29.4 Å². The van der Waals surface area contributed by atoms with E-state index < -0.39 is 6.04 Å². The van der Waals surface area contributed by atoms with Crippen LogP contribution in [0.2, 0.25) is 0 Å². The standard InChI is InChI=1S/C31H33NO6/c1-35-28-16-12-22(18-30(28)37-3)10-14-25(32-27(21-33)24-8-6-5-7-9-24)20-26(34)15-11-23-13-17-29(36-2)31(19-23)38-4/h5-20,27,32-33H,21H2,1-4H3/b14-10+,15-11+,25-20-. The number of nitrogens with one attached hydrogen (secondary N) is 1. The van der Waals surface area contributed by atoms with Crippen molar-refractivity contribution in [3.8, 4) is 23.0 Å². The minimum Gasteiger partial charge on any atom is -0.493 e. The van der Waals surface area contributed by atoms with Gasteiger partial charge in [-0.25, -0.2) is 0 Å². The summed E-state index contributed by atoms with van der Waals surface area (Å²) in [4.78, 5) is 12.9. The molecule has 0 heterocycles. The van der Waals surface area contributed by atoms with Gasteiger partial charge in [-0.15, -0.1) is 0 Å². The molecule has 0 radical (unpaired) electrons. The van der Waals surface area contributed by atoms with Crippen molar-refractivity contribution in [1.82, 2.24) is 5.32 Å². The van der Waals surface area contributed by atoms with Gasteiger partial charge in [0.05, 0.1) is 41.1 Å². The number of aliphatic hydroxyl groups is 1. The molecule has 0 aliphatic carbocycles. The van der Waals surface area contributed by atoms with Crippen molar-refractivity contribution >= 4 is 17.9 Å². The molecule has 38 heavy (non-hydrogen) atoms. The molecule has 0 fully saturated rings. The number of hydrogen-bond acceptors (Lipinski definition) is 7. The quantitative estimate of drug-likeness (QED) is 0.238. The largest absolute Gasteiger partial charge is 0.493 e. The molecule has 0 saturated carbocycles. The topological polar surface area (TPSA) is 86.3 Å². The van der Waals surface area contributed by atoms with E-state index in [9.17, 15) is 9.90 Å². The minimum absolute atomic E-state index is 0.152. The molecule has 0 aromatic heterocycles. The summed E-state index contributed by atoms with van der Waals surface area (Å²) in [5.74, 6) is 2.17. The molecule has 1 unspecified atom stereocenters. The van der Waals surface area contributed by atoms with Crippen LogP contribution in [0.5, 0.6) is 23.0 Å². The summed E-state index contributed by atoms with van der Waals surface area (Å²) in [5.41, 5.74) is 3.07. The number of allylic oxidation sites excluding steroid dienone is 3. The maximum Gasteiger partial charge on any atom is 0.180 e. The van der Waals surface area contributed by atoms with E-state index in [-0.39, 0.29) is 12.4 Å². The highest BCUT2D eigenvalue weighted by atomic mass is 16.5. The fraction of sp³-hybridized carbons (Fsp3) is 0.194. The van der Waals surface area contributed by atoms with Crippen molar-refractivity contribution in [2.75, 3.05) is 35.0 Å². The highest BCUT2D eigenvalue weighted by molar-refractivity contribution is 6.02. The van der Waals surface area contributed by atoms with E-state index in [2.05, 4.69) is 5.32 Å². The van der Waals surface area contributed by atoms with Gasteiger partial charge in [-0.3, -0.25) is 4.79 Å². The van der Waals surface area contributed by atoms with Crippen LogP contribution in [0.25, 0.3) is 12.2 Å². The third kappa shape index (κ3) is 7.75. The van der Waals surface area contributed by atoms with E-state index in [1.54, 1.807) is 52.7 Å². The Morgan fingerprint density at radius 3 is 1.79 bits per heavy atom. The van der Waals surface area contributed by atoms with Gasteiger partial charge >= 0.3 is 0 Å². The van der Waals surface area contributed by atoms with Crippen LogP contribution in [0.3, 0.4) is 0 Å². The highest BCUT2D eigenvalue weighted by Gasteiger charge is 2.11. The molecule has 0 aliphatic rings. The molecule has 7 nitrogen and oxygen atoms in total. The number of benzene rings is 3. The first-order chi connectivity index (χ1) is 18.5. The SMILES string of the molecule is COc1ccc(/C=C/C(=O)/C=C(/C=C/c2ccc(OC)c(OC)c2)NC(CO)c2ccccc2)cc1OC. The Hall–Kier alpha value is -4.49. The van der Waals surface area contributed by atoms with Gasteiger partial charge in [-0.2, -0.15) is 0 Å². The number of carbonyl (C=O) groups is 1. The molecular weight excluding hydrogens is 482 g/mol. The van der Waals surface area contributed by atoms with Crippen molar-refractivity contribution in [3.05, 3.63) is 107 Å². The lowest BCUT2D eigenvalue weighted by Gasteiger charge is -2.18. The first kappa shape index (κ1) is 28.1. The zero-order chi connectivity index (χ0) is 27.3. The molecule has 0 aliphatic heterocycles. The summed E-state index contributed by atoms with van der Waals surface area (Å²) in [7, 11) is 6.29. The Kier molecular flexibility index (Phi) is 10.6. The van der Waals surface area contributed by atoms with E-state index in [1.807, 2.05) is 60.7 Å². The Labute approximate surface area is 223 Å². The lowest BCUT2D eigenvalue weighted by molar-refractivity contribution is -0.110. The van der Waals surface area contributed by atoms with Crippen LogP contribution in [0.4, 0.5) is 0 Å². The lowest BCUT2D eigenvalue weighted by atomic mass is 10.1. The van der Waals surface area contributed by atoms with Gasteiger partial charge in [0.2, 0.25) is 0 Å². The number of hydrogen-bond donors (Lipinski definition) is 2. The van der Waals surface area contributed by atoms with Gasteiger partial charge in [0, 0.05) is 11.8 Å². The Morgan fingerprint density at radius 2 is 1.29 bits per heavy atom. The molecule has 0 bridgehead atoms. The Morgan fingerprint density at radius 1 is 0.763 bits per heavy atom. The van der Waals surface area contributed by atoms with Crippen LogP contribution in [-0.4, -0.2) is 45.9 Å². The van der Waals surface area contributed by atoms with Crippen LogP contribution in [0.15, 0.2) is 90.7 Å². The number of carbonyl (C=O) groups excluding carboxylic acids is 1. The average Bonchev–Trinajstić information content (AvgIpc) is 2.97. The summed E-state index contributed by atoms with van der Waals surface area (Å²) < 4.78 is 21.3. The summed E-state index contributed by atoms with van der Waals surface area (Å²) in [6, 6.07) is 20.1. The van der Waals surface area contributed by atoms with Gasteiger partial charge in [-0.1, -0.05) is 54.6 Å². The molecule has 0 spiro atoms. The predicted octanol–water partition coefficient (Wildman–Crippen LogP) is 5.22. The van der Waals surface area contributed by atoms with Crippen molar-refractivity contribution in [2.24, 2.45) is 0 Å². The van der Waals surface area contributed by atoms with E-state index >= 15 is 0 Å². The minimum atomic E-state index is -0.403. The third-order valence-electron chi connectivity index (χ3n) is 5.73. The molecule has 3 aromatic rings. The number of ketones is 1. The van der Waals surface area contributed by atoms with Gasteiger partial charge in [0.1, 0.15) is 0 Å². The molecule has 3 aromatic carbocycles. The fourth-order valence-corrected chi connectivity index (χ4v) is 3.74. The monoisotopic (exact) mass is 515 g/mol. The summed E-state index contributed by atoms with van der Waals surface area (Å²) >= 11 is 0. The van der Waals surface area contributed by atoms with E-state index in [4.69, 9.17) is 18.9 Å². The second-order valence-electron chi connectivity index (χ2n) is 8.19. The third-order valence-corrected chi connectivity index (χ3v) is 5.73. The summed E-state index contributed by atoms with van der Waals surface area (Å²) in [6.45, 7) is -0.152. The molecule has 198 valence electrons. The number of ether oxygens (including phenoxy) is 4.